The van der Waals surface area contributed by atoms with E-state index >= 15 is 0 Å². The molecule has 227 valence electrons. The normalized spacial score (nSPS) is 10.2. The number of nitrogens with two attached hydrogens (primary N) is 3. The van der Waals surface area contributed by atoms with Crippen LogP contribution in [-0.2, 0) is 44.0 Å². The molecule has 0 heterocycles. The zero-order chi connectivity index (χ0) is 30.2. The van der Waals surface area contributed by atoms with E-state index in [-0.39, 0.29) is 63.5 Å². The van der Waals surface area contributed by atoms with Gasteiger partial charge in [-0.15, -0.1) is 0 Å². The summed E-state index contributed by atoms with van der Waals surface area (Å²) in [4.78, 5) is 36.2. The first-order valence-corrected chi connectivity index (χ1v) is 12.2. The van der Waals surface area contributed by atoms with Crippen LogP contribution in [0.4, 0.5) is 4.79 Å². The summed E-state index contributed by atoms with van der Waals surface area (Å²) in [6, 6.07) is 18.1. The van der Waals surface area contributed by atoms with Crippen molar-refractivity contribution >= 4 is 17.9 Å². The van der Waals surface area contributed by atoms with Crippen LogP contribution in [0.2, 0.25) is 0 Å². The molecule has 8 N–H and O–H groups in total. The summed E-state index contributed by atoms with van der Waals surface area (Å²) in [5, 5.41) is 18.7. The number of ketones is 1. The van der Waals surface area contributed by atoms with E-state index in [0.29, 0.717) is 28.2 Å². The molecule has 1 radical (unpaired) electrons. The molecule has 0 aliphatic heterocycles. The van der Waals surface area contributed by atoms with Crippen LogP contribution in [0.5, 0.6) is 17.2 Å². The monoisotopic (exact) mass is 660 g/mol. The Kier molecular flexibility index (Phi) is 20.7. The average molecular weight is 661 g/mol. The molecule has 12 nitrogen and oxygen atoms in total. The van der Waals surface area contributed by atoms with Gasteiger partial charge in [0.05, 0.1) is 26.8 Å². The molecule has 0 aliphatic rings. The molecule has 1 atom stereocenters. The minimum absolute atomic E-state index is 0. The van der Waals surface area contributed by atoms with Crippen LogP contribution in [0.15, 0.2) is 66.7 Å². The molecular formula is C29H39N4O8Y-. The standard InChI is InChI=1S/C27H27NO8.2CH5N.H2N.Y/c1-17(29)19-6-4-18(5-7-19)15-28(16-25(30)31)26(20-8-10-21(11-9-20)36-27(32)33)23-13-12-22(34-2)14-24(23)35-3;2*1-2;;/h4-14,26H,15-16H2,1-3H3,(H,30,31)(H,32,33);2*2H2,1H3;1H2;/q;;;-1;. The minimum Gasteiger partial charge on any atom is -0.693 e. The third-order valence-corrected chi connectivity index (χ3v) is 5.59. The van der Waals surface area contributed by atoms with E-state index in [0.717, 1.165) is 5.56 Å². The summed E-state index contributed by atoms with van der Waals surface area (Å²) in [7, 11) is 6.05. The quantitative estimate of drug-likeness (QED) is 0.128. The molecular weight excluding hydrogens is 621 g/mol. The van der Waals surface area contributed by atoms with Crippen molar-refractivity contribution < 1.29 is 71.5 Å². The largest absolute Gasteiger partial charge is 0.693 e. The summed E-state index contributed by atoms with van der Waals surface area (Å²) in [5.74, 6) is 0.111. The van der Waals surface area contributed by atoms with Crippen molar-refractivity contribution in [2.75, 3.05) is 34.9 Å². The predicted molar refractivity (Wildman–Crippen MR) is 156 cm³/mol. The number of hydrogen-bond donors (Lipinski definition) is 4. The summed E-state index contributed by atoms with van der Waals surface area (Å²) in [6.07, 6.45) is -1.43. The Labute approximate surface area is 271 Å². The van der Waals surface area contributed by atoms with Gasteiger partial charge in [0.15, 0.2) is 5.78 Å². The van der Waals surface area contributed by atoms with Gasteiger partial charge in [0.25, 0.3) is 0 Å². The average Bonchev–Trinajstić information content (AvgIpc) is 2.96. The van der Waals surface area contributed by atoms with E-state index in [1.54, 1.807) is 59.5 Å². The van der Waals surface area contributed by atoms with Crippen molar-refractivity contribution in [3.05, 3.63) is 95.1 Å². The topological polar surface area (TPSA) is 208 Å². The summed E-state index contributed by atoms with van der Waals surface area (Å²) >= 11 is 0. The van der Waals surface area contributed by atoms with Gasteiger partial charge in [-0.25, -0.2) is 4.79 Å². The van der Waals surface area contributed by atoms with E-state index in [2.05, 4.69) is 11.5 Å². The van der Waals surface area contributed by atoms with Crippen LogP contribution < -0.4 is 25.7 Å². The third kappa shape index (κ3) is 12.2. The molecule has 0 amide bonds. The molecule has 42 heavy (non-hydrogen) atoms. The number of rotatable bonds is 11. The SMILES string of the molecule is CN.CN.COc1ccc(C(c2ccc(OC(=O)O)cc2)N(CC(=O)O)Cc2ccc(C(C)=O)cc2)c(OC)c1.[NH2-].[Y]. The fourth-order valence-electron chi connectivity index (χ4n) is 3.94. The molecule has 3 rings (SSSR count). The van der Waals surface area contributed by atoms with Gasteiger partial charge in [-0.1, -0.05) is 36.4 Å². The number of benzene rings is 3. The molecule has 1 unspecified atom stereocenters. The Balaban J connectivity index is 0. The summed E-state index contributed by atoms with van der Waals surface area (Å²) in [6.45, 7) is 1.43. The molecule has 3 aromatic rings. The first-order chi connectivity index (χ1) is 19.2. The molecule has 3 aromatic carbocycles. The number of carboxylic acid groups (broad SMARTS) is 2. The van der Waals surface area contributed by atoms with Crippen LogP contribution in [0.25, 0.3) is 6.15 Å². The molecule has 13 heteroatoms. The van der Waals surface area contributed by atoms with Crippen molar-refractivity contribution in [3.63, 3.8) is 0 Å². The molecule has 0 saturated carbocycles. The van der Waals surface area contributed by atoms with Gasteiger partial charge in [0.2, 0.25) is 0 Å². The van der Waals surface area contributed by atoms with Gasteiger partial charge in [-0.2, -0.15) is 0 Å². The van der Waals surface area contributed by atoms with E-state index in [9.17, 15) is 19.5 Å². The van der Waals surface area contributed by atoms with Crippen LogP contribution in [0.1, 0.15) is 40.0 Å². The van der Waals surface area contributed by atoms with Crippen molar-refractivity contribution in [2.24, 2.45) is 11.5 Å². The Hall–Kier alpha value is -3.39. The molecule has 0 saturated heterocycles. The zero-order valence-electron chi connectivity index (χ0n) is 24.4. The first kappa shape index (κ1) is 40.8. The minimum atomic E-state index is -1.43. The Bertz CT molecular complexity index is 1240. The van der Waals surface area contributed by atoms with E-state index in [1.165, 1.54) is 47.4 Å². The van der Waals surface area contributed by atoms with Crippen LogP contribution in [-0.4, -0.2) is 67.9 Å². The number of ether oxygens (including phenoxy) is 3. The number of carbonyl (C=O) groups excluding carboxylic acids is 1. The van der Waals surface area contributed by atoms with Crippen molar-refractivity contribution in [1.29, 1.82) is 0 Å². The Morgan fingerprint density at radius 1 is 0.833 bits per heavy atom. The Morgan fingerprint density at radius 3 is 1.83 bits per heavy atom. The number of hydrogen-bond acceptors (Lipinski definition) is 9. The molecule has 0 spiro atoms. The number of carbonyl (C=O) groups is 3. The van der Waals surface area contributed by atoms with E-state index < -0.39 is 18.2 Å². The fourth-order valence-corrected chi connectivity index (χ4v) is 3.94. The maximum Gasteiger partial charge on any atom is 0.511 e. The third-order valence-electron chi connectivity index (χ3n) is 5.59. The summed E-state index contributed by atoms with van der Waals surface area (Å²) in [5.41, 5.74) is 11.8. The second kappa shape index (κ2) is 21.3. The van der Waals surface area contributed by atoms with Crippen molar-refractivity contribution in [1.82, 2.24) is 4.90 Å². The second-order valence-electron chi connectivity index (χ2n) is 8.00. The first-order valence-electron chi connectivity index (χ1n) is 12.2. The van der Waals surface area contributed by atoms with Gasteiger partial charge in [-0.05, 0) is 56.4 Å². The number of nitrogens with zero attached hydrogens (tertiary/aromatic N) is 1. The van der Waals surface area contributed by atoms with Crippen molar-refractivity contribution in [2.45, 2.75) is 19.5 Å². The smallest absolute Gasteiger partial charge is 0.511 e. The van der Waals surface area contributed by atoms with Gasteiger partial charge in [0, 0.05) is 56.4 Å². The van der Waals surface area contributed by atoms with Gasteiger partial charge in [-0.3, -0.25) is 14.5 Å². The number of aliphatic carboxylic acids is 1. The molecule has 0 fully saturated rings. The van der Waals surface area contributed by atoms with E-state index in [4.69, 9.17) is 19.3 Å². The molecule has 0 aromatic heterocycles. The fraction of sp³-hybridized carbons (Fsp3) is 0.276. The van der Waals surface area contributed by atoms with E-state index in [1.807, 2.05) is 0 Å². The Morgan fingerprint density at radius 2 is 1.38 bits per heavy atom. The second-order valence-corrected chi connectivity index (χ2v) is 8.00. The predicted octanol–water partition coefficient (Wildman–Crippen LogP) is 4.50. The van der Waals surface area contributed by atoms with Gasteiger partial charge < -0.3 is 42.0 Å². The van der Waals surface area contributed by atoms with Crippen LogP contribution in [0.3, 0.4) is 0 Å². The summed E-state index contributed by atoms with van der Waals surface area (Å²) < 4.78 is 15.7. The number of Topliss-reactive ketones (excluding diaryl/α,β-unsaturated/α-hetero) is 1. The van der Waals surface area contributed by atoms with Crippen molar-refractivity contribution in [3.8, 4) is 17.2 Å². The van der Waals surface area contributed by atoms with Gasteiger partial charge in [0.1, 0.15) is 17.2 Å². The van der Waals surface area contributed by atoms with Gasteiger partial charge >= 0.3 is 12.1 Å². The molecule has 0 bridgehead atoms. The maximum absolute atomic E-state index is 11.9. The maximum atomic E-state index is 11.9. The molecule has 0 aliphatic carbocycles. The van der Waals surface area contributed by atoms with Crippen LogP contribution >= 0.6 is 0 Å². The van der Waals surface area contributed by atoms with Crippen LogP contribution in [0, 0.1) is 0 Å². The number of methoxy groups -OCH3 is 2. The number of carboxylic acids is 1. The zero-order valence-corrected chi connectivity index (χ0v) is 27.3.